The summed E-state index contributed by atoms with van der Waals surface area (Å²) < 4.78 is 5.76. The van der Waals surface area contributed by atoms with Crippen molar-refractivity contribution in [2.75, 3.05) is 17.7 Å². The molecule has 1 saturated heterocycles. The van der Waals surface area contributed by atoms with Crippen molar-refractivity contribution in [2.24, 2.45) is 0 Å². The Morgan fingerprint density at radius 2 is 2.00 bits per heavy atom. The highest BCUT2D eigenvalue weighted by atomic mass is 16.5. The second-order valence-electron chi connectivity index (χ2n) is 6.66. The third-order valence-corrected chi connectivity index (χ3v) is 4.18. The Kier molecular flexibility index (Phi) is 3.32. The number of rotatable bonds is 3. The maximum atomic E-state index is 6.03. The lowest BCUT2D eigenvalue weighted by Gasteiger charge is -2.36. The monoisotopic (exact) mass is 276 g/mol. The number of hydrogen-bond donors (Lipinski definition) is 2. The van der Waals surface area contributed by atoms with Gasteiger partial charge in [0.25, 0.3) is 0 Å². The van der Waals surface area contributed by atoms with Gasteiger partial charge in [-0.05, 0) is 46.5 Å². The number of ether oxygens (including phenoxy) is 1. The molecule has 3 N–H and O–H groups in total. The van der Waals surface area contributed by atoms with Crippen molar-refractivity contribution in [2.45, 2.75) is 64.0 Å². The van der Waals surface area contributed by atoms with Gasteiger partial charge in [0.05, 0.1) is 5.60 Å². The van der Waals surface area contributed by atoms with Crippen LogP contribution in [0.25, 0.3) is 0 Å². The van der Waals surface area contributed by atoms with Crippen LogP contribution in [-0.4, -0.2) is 28.2 Å². The highest BCUT2D eigenvalue weighted by Crippen LogP contribution is 2.39. The predicted octanol–water partition coefficient (Wildman–Crippen LogP) is 2.61. The van der Waals surface area contributed by atoms with E-state index in [4.69, 9.17) is 15.5 Å². The van der Waals surface area contributed by atoms with Crippen LogP contribution in [0.2, 0.25) is 0 Å². The van der Waals surface area contributed by atoms with Crippen LogP contribution in [-0.2, 0) is 4.74 Å². The Hall–Kier alpha value is -1.36. The molecule has 0 radical (unpaired) electrons. The highest BCUT2D eigenvalue weighted by Gasteiger charge is 2.31. The summed E-state index contributed by atoms with van der Waals surface area (Å²) in [4.78, 5) is 9.11. The summed E-state index contributed by atoms with van der Waals surface area (Å²) in [6, 6.07) is 0.388. The molecule has 0 spiro atoms. The quantitative estimate of drug-likeness (QED) is 0.887. The van der Waals surface area contributed by atoms with Crippen molar-refractivity contribution in [3.05, 3.63) is 11.4 Å². The molecule has 1 aliphatic carbocycles. The molecule has 1 aliphatic heterocycles. The van der Waals surface area contributed by atoms with Crippen LogP contribution < -0.4 is 11.1 Å². The molecular weight excluding hydrogens is 252 g/mol. The Balaban J connectivity index is 1.79. The lowest BCUT2D eigenvalue weighted by Crippen LogP contribution is -2.40. The molecule has 3 rings (SSSR count). The minimum atomic E-state index is -0.0677. The minimum absolute atomic E-state index is 0.0677. The van der Waals surface area contributed by atoms with Gasteiger partial charge in [-0.25, -0.2) is 9.97 Å². The molecule has 20 heavy (non-hydrogen) atoms. The Bertz CT molecular complexity index is 511. The van der Waals surface area contributed by atoms with Gasteiger partial charge < -0.3 is 15.8 Å². The van der Waals surface area contributed by atoms with Crippen molar-refractivity contribution >= 4 is 11.6 Å². The second kappa shape index (κ2) is 4.88. The van der Waals surface area contributed by atoms with E-state index in [0.717, 1.165) is 36.7 Å². The van der Waals surface area contributed by atoms with Crippen LogP contribution in [0, 0.1) is 6.92 Å². The zero-order valence-electron chi connectivity index (χ0n) is 12.6. The van der Waals surface area contributed by atoms with E-state index in [1.165, 1.54) is 12.8 Å². The summed E-state index contributed by atoms with van der Waals surface area (Å²) >= 11 is 0. The van der Waals surface area contributed by atoms with E-state index >= 15 is 0 Å². The molecule has 1 atom stereocenters. The molecule has 0 bridgehead atoms. The zero-order valence-corrected chi connectivity index (χ0v) is 12.6. The first-order valence-electron chi connectivity index (χ1n) is 7.49. The SMILES string of the molecule is Cc1c(N)nc(C2CC2)nc1NC1CCOC(C)(C)C1. The van der Waals surface area contributed by atoms with Crippen LogP contribution in [0.4, 0.5) is 11.6 Å². The zero-order chi connectivity index (χ0) is 14.3. The third-order valence-electron chi connectivity index (χ3n) is 4.18. The van der Waals surface area contributed by atoms with Crippen LogP contribution in [0.5, 0.6) is 0 Å². The molecule has 1 saturated carbocycles. The van der Waals surface area contributed by atoms with E-state index in [2.05, 4.69) is 24.1 Å². The van der Waals surface area contributed by atoms with Gasteiger partial charge in [-0.3, -0.25) is 0 Å². The van der Waals surface area contributed by atoms with Crippen molar-refractivity contribution in [3.8, 4) is 0 Å². The molecule has 2 aliphatic rings. The first-order chi connectivity index (χ1) is 9.44. The first kappa shape index (κ1) is 13.6. The normalized spacial score (nSPS) is 25.4. The van der Waals surface area contributed by atoms with Gasteiger partial charge in [-0.1, -0.05) is 0 Å². The van der Waals surface area contributed by atoms with E-state index in [0.29, 0.717) is 17.8 Å². The summed E-state index contributed by atoms with van der Waals surface area (Å²) in [5.74, 6) is 2.93. The number of nitrogens with one attached hydrogen (secondary N) is 1. The molecular formula is C15H24N4O. The van der Waals surface area contributed by atoms with Gasteiger partial charge in [-0.15, -0.1) is 0 Å². The largest absolute Gasteiger partial charge is 0.383 e. The molecule has 110 valence electrons. The number of nitrogen functional groups attached to an aromatic ring is 1. The molecule has 1 aromatic rings. The van der Waals surface area contributed by atoms with Gasteiger partial charge >= 0.3 is 0 Å². The van der Waals surface area contributed by atoms with E-state index in [1.807, 2.05) is 6.92 Å². The number of hydrogen-bond acceptors (Lipinski definition) is 5. The van der Waals surface area contributed by atoms with Crippen LogP contribution in [0.3, 0.4) is 0 Å². The van der Waals surface area contributed by atoms with Gasteiger partial charge in [0, 0.05) is 24.1 Å². The van der Waals surface area contributed by atoms with Crippen LogP contribution in [0.15, 0.2) is 0 Å². The second-order valence-corrected chi connectivity index (χ2v) is 6.66. The number of anilines is 2. The maximum Gasteiger partial charge on any atom is 0.136 e. The summed E-state index contributed by atoms with van der Waals surface area (Å²) in [6.45, 7) is 7.05. The Labute approximate surface area is 120 Å². The molecule has 5 nitrogen and oxygen atoms in total. The average Bonchev–Trinajstić information content (AvgIpc) is 3.17. The van der Waals surface area contributed by atoms with Crippen molar-refractivity contribution in [3.63, 3.8) is 0 Å². The van der Waals surface area contributed by atoms with Crippen LogP contribution >= 0.6 is 0 Å². The van der Waals surface area contributed by atoms with Crippen molar-refractivity contribution in [1.29, 1.82) is 0 Å². The van der Waals surface area contributed by atoms with Gasteiger partial charge in [0.1, 0.15) is 17.5 Å². The van der Waals surface area contributed by atoms with E-state index < -0.39 is 0 Å². The van der Waals surface area contributed by atoms with Gasteiger partial charge in [0.2, 0.25) is 0 Å². The van der Waals surface area contributed by atoms with Crippen LogP contribution in [0.1, 0.15) is 56.8 Å². The van der Waals surface area contributed by atoms with Crippen molar-refractivity contribution in [1.82, 2.24) is 9.97 Å². The fraction of sp³-hybridized carbons (Fsp3) is 0.733. The van der Waals surface area contributed by atoms with E-state index in [1.54, 1.807) is 0 Å². The topological polar surface area (TPSA) is 73.1 Å². The number of nitrogens with two attached hydrogens (primary N) is 1. The predicted molar refractivity (Wildman–Crippen MR) is 79.8 cm³/mol. The lowest BCUT2D eigenvalue weighted by atomic mass is 9.94. The molecule has 1 aromatic heterocycles. The van der Waals surface area contributed by atoms with Gasteiger partial charge in [-0.2, -0.15) is 0 Å². The molecule has 2 heterocycles. The fourth-order valence-corrected chi connectivity index (χ4v) is 2.77. The average molecular weight is 276 g/mol. The van der Waals surface area contributed by atoms with Gasteiger partial charge in [0.15, 0.2) is 0 Å². The molecule has 5 heteroatoms. The molecule has 1 unspecified atom stereocenters. The Morgan fingerprint density at radius 3 is 2.65 bits per heavy atom. The highest BCUT2D eigenvalue weighted by molar-refractivity contribution is 5.55. The third kappa shape index (κ3) is 2.87. The minimum Gasteiger partial charge on any atom is -0.383 e. The Morgan fingerprint density at radius 1 is 1.25 bits per heavy atom. The number of aromatic nitrogens is 2. The smallest absolute Gasteiger partial charge is 0.136 e. The fourth-order valence-electron chi connectivity index (χ4n) is 2.77. The summed E-state index contributed by atoms with van der Waals surface area (Å²) in [5, 5.41) is 3.56. The maximum absolute atomic E-state index is 6.03. The van der Waals surface area contributed by atoms with E-state index in [9.17, 15) is 0 Å². The number of nitrogens with zero attached hydrogens (tertiary/aromatic N) is 2. The molecule has 0 aromatic carbocycles. The summed E-state index contributed by atoms with van der Waals surface area (Å²) in [6.07, 6.45) is 4.36. The summed E-state index contributed by atoms with van der Waals surface area (Å²) in [5.41, 5.74) is 6.92. The van der Waals surface area contributed by atoms with E-state index in [-0.39, 0.29) is 5.60 Å². The molecule has 0 amide bonds. The summed E-state index contributed by atoms with van der Waals surface area (Å²) in [7, 11) is 0. The molecule has 2 fully saturated rings. The lowest BCUT2D eigenvalue weighted by molar-refractivity contribution is -0.0553. The standard InChI is InChI=1S/C15H24N4O/c1-9-12(16)18-14(10-4-5-10)19-13(9)17-11-6-7-20-15(2,3)8-11/h10-11H,4-8H2,1-3H3,(H3,16,17,18,19). The van der Waals surface area contributed by atoms with Crippen molar-refractivity contribution < 1.29 is 4.74 Å². The first-order valence-corrected chi connectivity index (χ1v) is 7.49.